The normalized spacial score (nSPS) is 10.7. The van der Waals surface area contributed by atoms with Crippen LogP contribution < -0.4 is 14.8 Å². The van der Waals surface area contributed by atoms with Crippen molar-refractivity contribution in [3.63, 3.8) is 0 Å². The van der Waals surface area contributed by atoms with Gasteiger partial charge in [0.1, 0.15) is 0 Å². The fourth-order valence-electron chi connectivity index (χ4n) is 2.55. The number of carbonyl (C=O) groups excluding carboxylic acids is 1. The third kappa shape index (κ3) is 5.07. The summed E-state index contributed by atoms with van der Waals surface area (Å²) in [5.41, 5.74) is 1.66. The molecular weight excluding hydrogens is 380 g/mol. The first kappa shape index (κ1) is 19.8. The summed E-state index contributed by atoms with van der Waals surface area (Å²) in [7, 11) is 1.58. The number of rotatable bonds is 9. The lowest BCUT2D eigenvalue weighted by Crippen LogP contribution is -2.11. The summed E-state index contributed by atoms with van der Waals surface area (Å²) in [6.07, 6.45) is 1.48. The summed E-state index contributed by atoms with van der Waals surface area (Å²) in [6.45, 7) is 4.36. The molecule has 0 unspecified atom stereocenters. The molecule has 0 bridgehead atoms. The van der Waals surface area contributed by atoms with Crippen LogP contribution in [0, 0.1) is 6.92 Å². The summed E-state index contributed by atoms with van der Waals surface area (Å²) in [5, 5.41) is 9.31. The Morgan fingerprint density at radius 3 is 2.86 bits per heavy atom. The first-order valence-electron chi connectivity index (χ1n) is 8.94. The van der Waals surface area contributed by atoms with Gasteiger partial charge < -0.3 is 19.3 Å². The van der Waals surface area contributed by atoms with E-state index in [9.17, 15) is 4.79 Å². The zero-order valence-electron chi connectivity index (χ0n) is 16.0. The van der Waals surface area contributed by atoms with Crippen molar-refractivity contribution in [2.24, 2.45) is 0 Å². The second-order valence-electron chi connectivity index (χ2n) is 6.01. The molecule has 28 heavy (non-hydrogen) atoms. The molecule has 1 aromatic carbocycles. The lowest BCUT2D eigenvalue weighted by molar-refractivity contribution is -0.116. The third-order valence-electron chi connectivity index (χ3n) is 3.85. The summed E-state index contributed by atoms with van der Waals surface area (Å²) < 4.78 is 16.2. The molecule has 2 heterocycles. The van der Waals surface area contributed by atoms with Crippen LogP contribution in [0.25, 0.3) is 11.4 Å². The molecule has 0 atom stereocenters. The molecular formula is C19H22N4O4S. The van der Waals surface area contributed by atoms with Gasteiger partial charge in [0.2, 0.25) is 17.6 Å². The summed E-state index contributed by atoms with van der Waals surface area (Å²) >= 11 is 1.41. The number of aryl methyl sites for hydroxylation is 2. The van der Waals surface area contributed by atoms with Crippen molar-refractivity contribution in [3.05, 3.63) is 35.2 Å². The molecule has 0 saturated heterocycles. The molecule has 1 amide bonds. The Balaban J connectivity index is 1.54. The lowest BCUT2D eigenvalue weighted by Gasteiger charge is -2.09. The Morgan fingerprint density at radius 1 is 1.29 bits per heavy atom. The number of aromatic nitrogens is 3. The van der Waals surface area contributed by atoms with Crippen LogP contribution in [-0.2, 0) is 11.2 Å². The van der Waals surface area contributed by atoms with Crippen molar-refractivity contribution in [3.8, 4) is 22.9 Å². The van der Waals surface area contributed by atoms with Crippen LogP contribution in [0.4, 0.5) is 5.13 Å². The highest BCUT2D eigenvalue weighted by Gasteiger charge is 2.13. The van der Waals surface area contributed by atoms with Gasteiger partial charge in [-0.2, -0.15) is 4.98 Å². The summed E-state index contributed by atoms with van der Waals surface area (Å²) in [4.78, 5) is 20.6. The highest BCUT2D eigenvalue weighted by Crippen LogP contribution is 2.31. The van der Waals surface area contributed by atoms with E-state index in [-0.39, 0.29) is 5.91 Å². The maximum absolute atomic E-state index is 12.0. The van der Waals surface area contributed by atoms with Crippen LogP contribution in [0.5, 0.6) is 11.5 Å². The highest BCUT2D eigenvalue weighted by atomic mass is 32.1. The van der Waals surface area contributed by atoms with Gasteiger partial charge in [-0.15, -0.1) is 11.3 Å². The number of nitrogens with one attached hydrogen (secondary N) is 1. The predicted octanol–water partition coefficient (Wildman–Crippen LogP) is 3.87. The van der Waals surface area contributed by atoms with E-state index >= 15 is 0 Å². The van der Waals surface area contributed by atoms with Gasteiger partial charge in [0.05, 0.1) is 19.4 Å². The lowest BCUT2D eigenvalue weighted by atomic mass is 10.2. The van der Waals surface area contributed by atoms with Gasteiger partial charge in [0, 0.05) is 23.8 Å². The number of carbonyl (C=O) groups is 1. The molecule has 3 rings (SSSR count). The van der Waals surface area contributed by atoms with Crippen molar-refractivity contribution in [1.29, 1.82) is 0 Å². The van der Waals surface area contributed by atoms with Gasteiger partial charge in [-0.1, -0.05) is 5.16 Å². The molecule has 0 aliphatic heterocycles. The smallest absolute Gasteiger partial charge is 0.226 e. The van der Waals surface area contributed by atoms with Crippen LogP contribution in [0.3, 0.4) is 0 Å². The van der Waals surface area contributed by atoms with E-state index < -0.39 is 0 Å². The molecule has 0 aliphatic rings. The van der Waals surface area contributed by atoms with Gasteiger partial charge in [0.15, 0.2) is 16.6 Å². The molecule has 0 spiro atoms. The molecule has 0 radical (unpaired) electrons. The number of thiazole rings is 1. The zero-order valence-corrected chi connectivity index (χ0v) is 16.8. The van der Waals surface area contributed by atoms with Crippen LogP contribution in [0.1, 0.15) is 31.4 Å². The number of ether oxygens (including phenoxy) is 2. The van der Waals surface area contributed by atoms with E-state index in [4.69, 9.17) is 14.0 Å². The Labute approximate surface area is 166 Å². The highest BCUT2D eigenvalue weighted by molar-refractivity contribution is 7.13. The molecule has 8 nitrogen and oxygen atoms in total. The largest absolute Gasteiger partial charge is 0.493 e. The Morgan fingerprint density at radius 2 is 2.14 bits per heavy atom. The number of nitrogens with zero attached hydrogens (tertiary/aromatic N) is 3. The van der Waals surface area contributed by atoms with Crippen molar-refractivity contribution < 1.29 is 18.8 Å². The Hall–Kier alpha value is -2.94. The van der Waals surface area contributed by atoms with E-state index in [0.717, 1.165) is 11.3 Å². The maximum atomic E-state index is 12.0. The van der Waals surface area contributed by atoms with Crippen molar-refractivity contribution in [2.75, 3.05) is 19.0 Å². The van der Waals surface area contributed by atoms with Crippen molar-refractivity contribution in [1.82, 2.24) is 15.1 Å². The maximum Gasteiger partial charge on any atom is 0.226 e. The molecule has 3 aromatic rings. The van der Waals surface area contributed by atoms with Crippen molar-refractivity contribution >= 4 is 22.4 Å². The van der Waals surface area contributed by atoms with Crippen LogP contribution in [0.2, 0.25) is 0 Å². The number of benzene rings is 1. The minimum atomic E-state index is -0.0784. The Kier molecular flexibility index (Phi) is 6.59. The number of anilines is 1. The average molecular weight is 402 g/mol. The first-order valence-corrected chi connectivity index (χ1v) is 9.82. The monoisotopic (exact) mass is 402 g/mol. The van der Waals surface area contributed by atoms with Gasteiger partial charge in [-0.25, -0.2) is 4.98 Å². The fourth-order valence-corrected chi connectivity index (χ4v) is 3.25. The number of methoxy groups -OCH3 is 1. The minimum absolute atomic E-state index is 0.0784. The minimum Gasteiger partial charge on any atom is -0.493 e. The quantitative estimate of drug-likeness (QED) is 0.580. The molecule has 148 valence electrons. The van der Waals surface area contributed by atoms with Crippen LogP contribution in [-0.4, -0.2) is 34.7 Å². The van der Waals surface area contributed by atoms with Gasteiger partial charge in [-0.3, -0.25) is 4.79 Å². The summed E-state index contributed by atoms with van der Waals surface area (Å²) in [6, 6.07) is 5.48. The van der Waals surface area contributed by atoms with Gasteiger partial charge in [-0.05, 0) is 38.5 Å². The third-order valence-corrected chi connectivity index (χ3v) is 4.73. The Bertz CT molecular complexity index is 938. The van der Waals surface area contributed by atoms with Crippen LogP contribution >= 0.6 is 11.3 Å². The zero-order chi connectivity index (χ0) is 19.9. The number of hydrogen-bond acceptors (Lipinski definition) is 8. The van der Waals surface area contributed by atoms with Gasteiger partial charge >= 0.3 is 0 Å². The van der Waals surface area contributed by atoms with E-state index in [1.54, 1.807) is 7.11 Å². The van der Waals surface area contributed by atoms with E-state index in [1.165, 1.54) is 11.3 Å². The van der Waals surface area contributed by atoms with E-state index in [2.05, 4.69) is 20.4 Å². The van der Waals surface area contributed by atoms with Gasteiger partial charge in [0.25, 0.3) is 0 Å². The molecule has 9 heteroatoms. The van der Waals surface area contributed by atoms with E-state index in [0.29, 0.717) is 54.2 Å². The first-order chi connectivity index (χ1) is 13.6. The van der Waals surface area contributed by atoms with Crippen molar-refractivity contribution in [2.45, 2.75) is 33.1 Å². The summed E-state index contributed by atoms with van der Waals surface area (Å²) in [5.74, 6) is 2.16. The predicted molar refractivity (Wildman–Crippen MR) is 106 cm³/mol. The van der Waals surface area contributed by atoms with Crippen LogP contribution in [0.15, 0.2) is 28.1 Å². The van der Waals surface area contributed by atoms with E-state index in [1.807, 2.05) is 37.4 Å². The molecule has 0 aliphatic carbocycles. The SMILES string of the molecule is CCOc1ccc(-c2noc(CCCC(=O)Nc3nc(C)cs3)n2)cc1OC. The molecule has 0 fully saturated rings. The molecule has 2 aromatic heterocycles. The second kappa shape index (κ2) is 9.32. The molecule has 0 saturated carbocycles. The number of amides is 1. The fraction of sp³-hybridized carbons (Fsp3) is 0.368. The average Bonchev–Trinajstić information content (AvgIpc) is 3.31. The topological polar surface area (TPSA) is 99.4 Å². The standard InChI is InChI=1S/C19H22N4O4S/c1-4-26-14-9-8-13(10-15(14)25-3)18-22-17(27-23-18)7-5-6-16(24)21-19-20-12(2)11-28-19/h8-11H,4-7H2,1-3H3,(H,20,21,24). The second-order valence-corrected chi connectivity index (χ2v) is 6.86. The molecule has 1 N–H and O–H groups in total. The number of hydrogen-bond donors (Lipinski definition) is 1.